The van der Waals surface area contributed by atoms with E-state index in [9.17, 15) is 13.2 Å². The van der Waals surface area contributed by atoms with Gasteiger partial charge in [0.1, 0.15) is 0 Å². The van der Waals surface area contributed by atoms with Gasteiger partial charge in [-0.05, 0) is 30.7 Å². The lowest BCUT2D eigenvalue weighted by molar-refractivity contribution is -0.138. The van der Waals surface area contributed by atoms with Crippen LogP contribution < -0.4 is 10.6 Å². The summed E-state index contributed by atoms with van der Waals surface area (Å²) in [7, 11) is 1.81. The van der Waals surface area contributed by atoms with Gasteiger partial charge in [0, 0.05) is 32.4 Å². The van der Waals surface area contributed by atoms with Crippen molar-refractivity contribution in [1.29, 1.82) is 0 Å². The summed E-state index contributed by atoms with van der Waals surface area (Å²) in [6, 6.07) is 4.01. The van der Waals surface area contributed by atoms with Crippen LogP contribution in [0.2, 0.25) is 0 Å². The van der Waals surface area contributed by atoms with Gasteiger partial charge >= 0.3 is 6.18 Å². The Bertz CT molecular complexity index is 407. The van der Waals surface area contributed by atoms with Crippen LogP contribution >= 0.6 is 0 Å². The first kappa shape index (κ1) is 15.8. The number of anilines is 1. The highest BCUT2D eigenvalue weighted by Gasteiger charge is 2.33. The zero-order valence-corrected chi connectivity index (χ0v) is 11.1. The van der Waals surface area contributed by atoms with E-state index >= 15 is 0 Å². The monoisotopic (exact) mass is 276 g/mol. The molecule has 0 unspecified atom stereocenters. The van der Waals surface area contributed by atoms with E-state index < -0.39 is 11.7 Å². The third-order valence-corrected chi connectivity index (χ3v) is 2.83. The summed E-state index contributed by atoms with van der Waals surface area (Å²) in [5.41, 5.74) is 5.53. The van der Waals surface area contributed by atoms with Crippen molar-refractivity contribution >= 4 is 5.69 Å². The molecule has 1 aromatic rings. The van der Waals surface area contributed by atoms with Crippen LogP contribution in [0.3, 0.4) is 0 Å². The number of nitrogens with zero attached hydrogens (tertiary/aromatic N) is 1. The van der Waals surface area contributed by atoms with Gasteiger partial charge in [-0.1, -0.05) is 0 Å². The van der Waals surface area contributed by atoms with E-state index in [0.29, 0.717) is 25.4 Å². The van der Waals surface area contributed by atoms with Crippen molar-refractivity contribution in [2.45, 2.75) is 19.6 Å². The first-order chi connectivity index (χ1) is 8.90. The average Bonchev–Trinajstić information content (AvgIpc) is 2.37. The lowest BCUT2D eigenvalue weighted by atomic mass is 10.1. The standard InChI is InChI=1S/C13H19F3N2O/c1-3-19-7-6-18(2)11-4-5-12(13(14,15)16)10(8-11)9-17/h4-5,8H,3,6-7,9,17H2,1-2H3. The van der Waals surface area contributed by atoms with E-state index in [1.165, 1.54) is 12.1 Å². The molecular weight excluding hydrogens is 257 g/mol. The third-order valence-electron chi connectivity index (χ3n) is 2.83. The zero-order valence-electron chi connectivity index (χ0n) is 11.1. The molecule has 0 bridgehead atoms. The smallest absolute Gasteiger partial charge is 0.380 e. The lowest BCUT2D eigenvalue weighted by Crippen LogP contribution is -2.23. The van der Waals surface area contributed by atoms with Crippen LogP contribution in [0, 0.1) is 0 Å². The maximum absolute atomic E-state index is 12.7. The second-order valence-corrected chi connectivity index (χ2v) is 4.16. The molecule has 0 heterocycles. The zero-order chi connectivity index (χ0) is 14.5. The van der Waals surface area contributed by atoms with Gasteiger partial charge in [-0.3, -0.25) is 0 Å². The van der Waals surface area contributed by atoms with Gasteiger partial charge in [0.2, 0.25) is 0 Å². The minimum atomic E-state index is -4.36. The Labute approximate surface area is 111 Å². The molecule has 0 aliphatic carbocycles. The molecule has 19 heavy (non-hydrogen) atoms. The highest BCUT2D eigenvalue weighted by atomic mass is 19.4. The van der Waals surface area contributed by atoms with Crippen molar-refractivity contribution in [1.82, 2.24) is 0 Å². The van der Waals surface area contributed by atoms with Crippen molar-refractivity contribution in [3.05, 3.63) is 29.3 Å². The molecule has 0 atom stereocenters. The quantitative estimate of drug-likeness (QED) is 0.812. The van der Waals surface area contributed by atoms with Crippen molar-refractivity contribution in [2.75, 3.05) is 31.7 Å². The maximum atomic E-state index is 12.7. The molecule has 3 nitrogen and oxygen atoms in total. The van der Waals surface area contributed by atoms with Crippen LogP contribution in [0.25, 0.3) is 0 Å². The normalized spacial score (nSPS) is 11.7. The largest absolute Gasteiger partial charge is 0.416 e. The Morgan fingerprint density at radius 1 is 1.32 bits per heavy atom. The molecule has 1 rings (SSSR count). The van der Waals surface area contributed by atoms with E-state index in [2.05, 4.69) is 0 Å². The minimum absolute atomic E-state index is 0.105. The van der Waals surface area contributed by atoms with Crippen LogP contribution in [0.1, 0.15) is 18.1 Å². The molecule has 2 N–H and O–H groups in total. The molecule has 1 aromatic carbocycles. The predicted molar refractivity (Wildman–Crippen MR) is 69.1 cm³/mol. The highest BCUT2D eigenvalue weighted by Crippen LogP contribution is 2.33. The van der Waals surface area contributed by atoms with Crippen molar-refractivity contribution in [2.24, 2.45) is 5.73 Å². The number of benzene rings is 1. The third kappa shape index (κ3) is 4.40. The van der Waals surface area contributed by atoms with E-state index in [1.54, 1.807) is 0 Å². The van der Waals surface area contributed by atoms with Gasteiger partial charge in [-0.15, -0.1) is 0 Å². The molecule has 0 radical (unpaired) electrons. The van der Waals surface area contributed by atoms with E-state index in [4.69, 9.17) is 10.5 Å². The number of rotatable bonds is 6. The lowest BCUT2D eigenvalue weighted by Gasteiger charge is -2.21. The van der Waals surface area contributed by atoms with Crippen LogP contribution in [-0.2, 0) is 17.5 Å². The van der Waals surface area contributed by atoms with Gasteiger partial charge in [0.25, 0.3) is 0 Å². The van der Waals surface area contributed by atoms with Crippen molar-refractivity contribution in [3.63, 3.8) is 0 Å². The number of ether oxygens (including phenoxy) is 1. The topological polar surface area (TPSA) is 38.5 Å². The Balaban J connectivity index is 2.87. The number of likely N-dealkylation sites (N-methyl/N-ethyl adjacent to an activating group) is 1. The molecule has 0 fully saturated rings. The molecule has 6 heteroatoms. The van der Waals surface area contributed by atoms with Crippen LogP contribution in [-0.4, -0.2) is 26.8 Å². The minimum Gasteiger partial charge on any atom is -0.380 e. The summed E-state index contributed by atoms with van der Waals surface area (Å²) in [5, 5.41) is 0. The summed E-state index contributed by atoms with van der Waals surface area (Å²) in [4.78, 5) is 1.84. The Hall–Kier alpha value is -1.27. The van der Waals surface area contributed by atoms with Gasteiger partial charge in [-0.2, -0.15) is 13.2 Å². The van der Waals surface area contributed by atoms with Crippen LogP contribution in [0.4, 0.5) is 18.9 Å². The summed E-state index contributed by atoms with van der Waals surface area (Å²) in [6.45, 7) is 3.52. The van der Waals surface area contributed by atoms with Gasteiger partial charge in [0.15, 0.2) is 0 Å². The Kier molecular flexibility index (Phi) is 5.62. The van der Waals surface area contributed by atoms with Crippen molar-refractivity contribution < 1.29 is 17.9 Å². The fraction of sp³-hybridized carbons (Fsp3) is 0.538. The molecule has 0 aliphatic rings. The number of nitrogens with two attached hydrogens (primary N) is 1. The number of halogens is 3. The first-order valence-corrected chi connectivity index (χ1v) is 6.09. The van der Waals surface area contributed by atoms with Crippen LogP contribution in [0.5, 0.6) is 0 Å². The predicted octanol–water partition coefficient (Wildman–Crippen LogP) is 2.64. The average molecular weight is 276 g/mol. The molecule has 108 valence electrons. The molecule has 0 aliphatic heterocycles. The van der Waals surface area contributed by atoms with Gasteiger partial charge in [-0.25, -0.2) is 0 Å². The van der Waals surface area contributed by atoms with Gasteiger partial charge < -0.3 is 15.4 Å². The second-order valence-electron chi connectivity index (χ2n) is 4.16. The van der Waals surface area contributed by atoms with E-state index in [0.717, 1.165) is 6.07 Å². The van der Waals surface area contributed by atoms with Gasteiger partial charge in [0.05, 0.1) is 12.2 Å². The van der Waals surface area contributed by atoms with E-state index in [-0.39, 0.29) is 12.1 Å². The maximum Gasteiger partial charge on any atom is 0.416 e. The summed E-state index contributed by atoms with van der Waals surface area (Å²) < 4.78 is 43.4. The molecule has 0 amide bonds. The molecule has 0 aromatic heterocycles. The number of alkyl halides is 3. The molecular formula is C13H19F3N2O. The Morgan fingerprint density at radius 3 is 2.53 bits per heavy atom. The fourth-order valence-corrected chi connectivity index (χ4v) is 1.74. The number of hydrogen-bond donors (Lipinski definition) is 1. The second kappa shape index (κ2) is 6.77. The first-order valence-electron chi connectivity index (χ1n) is 6.09. The summed E-state index contributed by atoms with van der Waals surface area (Å²) in [5.74, 6) is 0. The van der Waals surface area contributed by atoms with Crippen molar-refractivity contribution in [3.8, 4) is 0 Å². The molecule has 0 saturated carbocycles. The van der Waals surface area contributed by atoms with E-state index in [1.807, 2.05) is 18.9 Å². The summed E-state index contributed by atoms with van der Waals surface area (Å²) >= 11 is 0. The molecule has 0 saturated heterocycles. The summed E-state index contributed by atoms with van der Waals surface area (Å²) in [6.07, 6.45) is -4.36. The van der Waals surface area contributed by atoms with Crippen LogP contribution in [0.15, 0.2) is 18.2 Å². The molecule has 0 spiro atoms. The SMILES string of the molecule is CCOCCN(C)c1ccc(C(F)(F)F)c(CN)c1. The Morgan fingerprint density at radius 2 is 2.00 bits per heavy atom. The number of hydrogen-bond acceptors (Lipinski definition) is 3. The highest BCUT2D eigenvalue weighted by molar-refractivity contribution is 5.51. The fourth-order valence-electron chi connectivity index (χ4n) is 1.74.